The highest BCUT2D eigenvalue weighted by Gasteiger charge is 2.34. The van der Waals surface area contributed by atoms with E-state index in [1.54, 1.807) is 17.0 Å². The number of anilines is 1. The van der Waals surface area contributed by atoms with Crippen molar-refractivity contribution in [2.24, 2.45) is 0 Å². The molecule has 0 bridgehead atoms. The number of amides is 1. The van der Waals surface area contributed by atoms with E-state index in [4.69, 9.17) is 5.26 Å². The summed E-state index contributed by atoms with van der Waals surface area (Å²) in [5.41, 5.74) is 2.57. The Kier molecular flexibility index (Phi) is 2.01. The molecular weight excluding hydrogens is 188 g/mol. The molecule has 1 amide bonds. The van der Waals surface area contributed by atoms with E-state index in [-0.39, 0.29) is 5.41 Å². The Labute approximate surface area is 88.9 Å². The van der Waals surface area contributed by atoms with E-state index in [1.165, 1.54) is 0 Å². The molecular formula is C12H12N2O. The summed E-state index contributed by atoms with van der Waals surface area (Å²) in [7, 11) is 0. The van der Waals surface area contributed by atoms with Crippen molar-refractivity contribution in [1.29, 1.82) is 5.26 Å². The van der Waals surface area contributed by atoms with E-state index in [0.29, 0.717) is 12.1 Å². The third-order valence-corrected chi connectivity index (χ3v) is 2.86. The second-order valence-electron chi connectivity index (χ2n) is 4.46. The molecule has 1 aromatic carbocycles. The maximum atomic E-state index is 10.9. The van der Waals surface area contributed by atoms with Gasteiger partial charge in [0.1, 0.15) is 0 Å². The number of benzene rings is 1. The number of hydrogen-bond donors (Lipinski definition) is 0. The van der Waals surface area contributed by atoms with Crippen LogP contribution in [0.25, 0.3) is 0 Å². The Morgan fingerprint density at radius 3 is 2.87 bits per heavy atom. The fourth-order valence-corrected chi connectivity index (χ4v) is 2.10. The van der Waals surface area contributed by atoms with Gasteiger partial charge in [-0.1, -0.05) is 19.9 Å². The van der Waals surface area contributed by atoms with Gasteiger partial charge in [0.25, 0.3) is 0 Å². The minimum absolute atomic E-state index is 0.0236. The normalized spacial score (nSPS) is 17.0. The highest BCUT2D eigenvalue weighted by atomic mass is 16.1. The lowest BCUT2D eigenvalue weighted by molar-refractivity contribution is -0.107. The minimum atomic E-state index is -0.0236. The monoisotopic (exact) mass is 200 g/mol. The maximum absolute atomic E-state index is 10.9. The van der Waals surface area contributed by atoms with Gasteiger partial charge in [0.15, 0.2) is 0 Å². The molecule has 3 nitrogen and oxygen atoms in total. The standard InChI is InChI=1S/C12H12N2O/c1-12(2)7-14(8-15)11-5-9(6-13)3-4-10(11)12/h3-5,8H,7H2,1-2H3. The SMILES string of the molecule is CC1(C)CN(C=O)c2cc(C#N)ccc21. The predicted octanol–water partition coefficient (Wildman–Crippen LogP) is 1.81. The lowest BCUT2D eigenvalue weighted by atomic mass is 9.87. The molecule has 0 radical (unpaired) electrons. The molecule has 2 rings (SSSR count). The highest BCUT2D eigenvalue weighted by Crippen LogP contribution is 2.39. The van der Waals surface area contributed by atoms with Crippen molar-refractivity contribution < 1.29 is 4.79 Å². The molecule has 0 aromatic heterocycles. The summed E-state index contributed by atoms with van der Waals surface area (Å²) in [6.07, 6.45) is 0.828. The van der Waals surface area contributed by atoms with Crippen LogP contribution in [0, 0.1) is 11.3 Å². The molecule has 0 saturated heterocycles. The molecule has 0 spiro atoms. The Bertz CT molecular complexity index is 457. The number of nitrogens with zero attached hydrogens (tertiary/aromatic N) is 2. The first kappa shape index (κ1) is 9.72. The lowest BCUT2D eigenvalue weighted by Crippen LogP contribution is -2.27. The minimum Gasteiger partial charge on any atom is -0.314 e. The van der Waals surface area contributed by atoms with E-state index in [9.17, 15) is 4.79 Å². The van der Waals surface area contributed by atoms with Gasteiger partial charge < -0.3 is 4.90 Å². The smallest absolute Gasteiger partial charge is 0.214 e. The lowest BCUT2D eigenvalue weighted by Gasteiger charge is -2.17. The van der Waals surface area contributed by atoms with Gasteiger partial charge in [-0.05, 0) is 17.7 Å². The molecule has 1 aliphatic heterocycles. The van der Waals surface area contributed by atoms with Gasteiger partial charge in [0.05, 0.1) is 11.6 Å². The molecule has 0 aliphatic carbocycles. The number of carbonyl (C=O) groups excluding carboxylic acids is 1. The molecule has 76 valence electrons. The number of nitriles is 1. The zero-order valence-corrected chi connectivity index (χ0v) is 8.82. The fourth-order valence-electron chi connectivity index (χ4n) is 2.10. The zero-order chi connectivity index (χ0) is 11.1. The van der Waals surface area contributed by atoms with E-state index in [2.05, 4.69) is 19.9 Å². The van der Waals surface area contributed by atoms with Crippen LogP contribution in [-0.2, 0) is 10.2 Å². The Balaban J connectivity index is 2.60. The van der Waals surface area contributed by atoms with Crippen molar-refractivity contribution in [3.63, 3.8) is 0 Å². The molecule has 15 heavy (non-hydrogen) atoms. The average molecular weight is 200 g/mol. The van der Waals surface area contributed by atoms with Crippen LogP contribution in [0.5, 0.6) is 0 Å². The van der Waals surface area contributed by atoms with Crippen LogP contribution < -0.4 is 4.90 Å². The van der Waals surface area contributed by atoms with Crippen molar-refractivity contribution >= 4 is 12.1 Å². The van der Waals surface area contributed by atoms with Crippen LogP contribution in [0.3, 0.4) is 0 Å². The van der Waals surface area contributed by atoms with Gasteiger partial charge in [0.2, 0.25) is 6.41 Å². The zero-order valence-electron chi connectivity index (χ0n) is 8.82. The molecule has 1 aromatic rings. The third-order valence-electron chi connectivity index (χ3n) is 2.86. The molecule has 0 N–H and O–H groups in total. The van der Waals surface area contributed by atoms with Crippen molar-refractivity contribution in [1.82, 2.24) is 0 Å². The number of fused-ring (bicyclic) bond motifs is 1. The molecule has 0 fully saturated rings. The molecule has 0 saturated carbocycles. The summed E-state index contributed by atoms with van der Waals surface area (Å²) in [6.45, 7) is 4.88. The first-order valence-corrected chi connectivity index (χ1v) is 4.85. The van der Waals surface area contributed by atoms with E-state index < -0.39 is 0 Å². The molecule has 3 heteroatoms. The van der Waals surface area contributed by atoms with Gasteiger partial charge in [0, 0.05) is 17.6 Å². The van der Waals surface area contributed by atoms with Crippen molar-refractivity contribution in [3.8, 4) is 6.07 Å². The van der Waals surface area contributed by atoms with Crippen molar-refractivity contribution in [3.05, 3.63) is 29.3 Å². The molecule has 1 aliphatic rings. The Morgan fingerprint density at radius 1 is 1.53 bits per heavy atom. The van der Waals surface area contributed by atoms with Gasteiger partial charge in [-0.25, -0.2) is 0 Å². The average Bonchev–Trinajstić information content (AvgIpc) is 2.50. The summed E-state index contributed by atoms with van der Waals surface area (Å²) in [5, 5.41) is 8.80. The summed E-state index contributed by atoms with van der Waals surface area (Å²) < 4.78 is 0. The summed E-state index contributed by atoms with van der Waals surface area (Å²) >= 11 is 0. The van der Waals surface area contributed by atoms with Gasteiger partial charge in [-0.3, -0.25) is 4.79 Å². The molecule has 0 atom stereocenters. The van der Waals surface area contributed by atoms with Crippen LogP contribution in [0.15, 0.2) is 18.2 Å². The number of carbonyl (C=O) groups is 1. The Morgan fingerprint density at radius 2 is 2.27 bits per heavy atom. The van der Waals surface area contributed by atoms with Crippen LogP contribution in [0.2, 0.25) is 0 Å². The van der Waals surface area contributed by atoms with Crippen LogP contribution in [0.1, 0.15) is 25.0 Å². The van der Waals surface area contributed by atoms with Crippen LogP contribution in [0.4, 0.5) is 5.69 Å². The predicted molar refractivity (Wildman–Crippen MR) is 57.6 cm³/mol. The van der Waals surface area contributed by atoms with Gasteiger partial charge in [-0.15, -0.1) is 0 Å². The second-order valence-corrected chi connectivity index (χ2v) is 4.46. The van der Waals surface area contributed by atoms with Crippen LogP contribution >= 0.6 is 0 Å². The summed E-state index contributed by atoms with van der Waals surface area (Å²) in [6, 6.07) is 7.60. The van der Waals surface area contributed by atoms with Gasteiger partial charge >= 0.3 is 0 Å². The number of hydrogen-bond acceptors (Lipinski definition) is 2. The van der Waals surface area contributed by atoms with Crippen molar-refractivity contribution in [2.45, 2.75) is 19.3 Å². The quantitative estimate of drug-likeness (QED) is 0.649. The van der Waals surface area contributed by atoms with E-state index in [0.717, 1.165) is 17.7 Å². The van der Waals surface area contributed by atoms with E-state index in [1.807, 2.05) is 6.07 Å². The number of rotatable bonds is 1. The van der Waals surface area contributed by atoms with Gasteiger partial charge in [-0.2, -0.15) is 5.26 Å². The summed E-state index contributed by atoms with van der Waals surface area (Å²) in [4.78, 5) is 12.6. The second kappa shape index (κ2) is 3.09. The Hall–Kier alpha value is -1.82. The van der Waals surface area contributed by atoms with E-state index >= 15 is 0 Å². The molecule has 0 unspecified atom stereocenters. The van der Waals surface area contributed by atoms with Crippen molar-refractivity contribution in [2.75, 3.05) is 11.4 Å². The highest BCUT2D eigenvalue weighted by molar-refractivity contribution is 5.82. The topological polar surface area (TPSA) is 44.1 Å². The largest absolute Gasteiger partial charge is 0.314 e. The first-order valence-electron chi connectivity index (χ1n) is 4.85. The maximum Gasteiger partial charge on any atom is 0.214 e. The first-order chi connectivity index (χ1) is 7.08. The summed E-state index contributed by atoms with van der Waals surface area (Å²) in [5.74, 6) is 0. The fraction of sp³-hybridized carbons (Fsp3) is 0.333. The molecule has 1 heterocycles. The van der Waals surface area contributed by atoms with Crippen LogP contribution in [-0.4, -0.2) is 13.0 Å². The third kappa shape index (κ3) is 1.39.